The SMILES string of the molecule is C=C/C=C\C(=C)/C(=C\C=C/CC)c1cc(-c2nc(-c3ccc(-c4ccccn4)cc3)cc(-c3ccc(-c4ccccn4)cc3)n2)cc(-c2cccc3ccccc23)c1. The van der Waals surface area contributed by atoms with Gasteiger partial charge in [-0.1, -0.05) is 160 Å². The molecule has 3 heterocycles. The Labute approximate surface area is 340 Å². The van der Waals surface area contributed by atoms with Crippen LogP contribution in [0.25, 0.3) is 83.9 Å². The van der Waals surface area contributed by atoms with Crippen LogP contribution in [-0.4, -0.2) is 19.9 Å². The Kier molecular flexibility index (Phi) is 11.3. The molecular formula is C54H42N4. The minimum Gasteiger partial charge on any atom is -0.256 e. The molecule has 0 saturated carbocycles. The van der Waals surface area contributed by atoms with Crippen LogP contribution in [0.4, 0.5) is 0 Å². The number of aromatic nitrogens is 4. The second kappa shape index (κ2) is 17.5. The molecule has 0 unspecified atom stereocenters. The highest BCUT2D eigenvalue weighted by Crippen LogP contribution is 2.37. The Morgan fingerprint density at radius 3 is 1.71 bits per heavy atom. The van der Waals surface area contributed by atoms with Gasteiger partial charge >= 0.3 is 0 Å². The second-order valence-electron chi connectivity index (χ2n) is 13.9. The van der Waals surface area contributed by atoms with Gasteiger partial charge in [-0.25, -0.2) is 9.97 Å². The van der Waals surface area contributed by atoms with Gasteiger partial charge in [0.25, 0.3) is 0 Å². The fraction of sp³-hybridized carbons (Fsp3) is 0.0370. The van der Waals surface area contributed by atoms with Crippen LogP contribution in [-0.2, 0) is 0 Å². The third-order valence-corrected chi connectivity index (χ3v) is 10.0. The quantitative estimate of drug-likeness (QED) is 0.117. The second-order valence-corrected chi connectivity index (χ2v) is 13.9. The van der Waals surface area contributed by atoms with Crippen LogP contribution in [0.5, 0.6) is 0 Å². The molecule has 8 rings (SSSR count). The van der Waals surface area contributed by atoms with Crippen molar-refractivity contribution >= 4 is 16.3 Å². The Bertz CT molecular complexity index is 2710. The molecule has 4 nitrogen and oxygen atoms in total. The first-order valence-electron chi connectivity index (χ1n) is 19.5. The minimum absolute atomic E-state index is 0.620. The zero-order chi connectivity index (χ0) is 39.7. The van der Waals surface area contributed by atoms with E-state index in [0.717, 1.165) is 84.9 Å². The maximum Gasteiger partial charge on any atom is 0.160 e. The summed E-state index contributed by atoms with van der Waals surface area (Å²) in [4.78, 5) is 19.8. The van der Waals surface area contributed by atoms with Gasteiger partial charge in [0.1, 0.15) is 0 Å². The van der Waals surface area contributed by atoms with Gasteiger partial charge in [0.05, 0.1) is 22.8 Å². The molecular weight excluding hydrogens is 705 g/mol. The summed E-state index contributed by atoms with van der Waals surface area (Å²) in [7, 11) is 0. The van der Waals surface area contributed by atoms with E-state index in [1.165, 1.54) is 10.8 Å². The molecule has 278 valence electrons. The highest BCUT2D eigenvalue weighted by molar-refractivity contribution is 5.98. The van der Waals surface area contributed by atoms with Crippen molar-refractivity contribution < 1.29 is 0 Å². The van der Waals surface area contributed by atoms with Gasteiger partial charge < -0.3 is 0 Å². The molecule has 0 amide bonds. The summed E-state index contributed by atoms with van der Waals surface area (Å²) in [5, 5.41) is 2.35. The first-order chi connectivity index (χ1) is 28.6. The van der Waals surface area contributed by atoms with Gasteiger partial charge in [-0.05, 0) is 93.6 Å². The zero-order valence-corrected chi connectivity index (χ0v) is 32.5. The predicted molar refractivity (Wildman–Crippen MR) is 244 cm³/mol. The molecule has 3 aromatic heterocycles. The number of hydrogen-bond donors (Lipinski definition) is 0. The number of rotatable bonds is 12. The maximum absolute atomic E-state index is 5.31. The molecule has 0 N–H and O–H groups in total. The van der Waals surface area contributed by atoms with E-state index >= 15 is 0 Å². The monoisotopic (exact) mass is 746 g/mol. The van der Waals surface area contributed by atoms with E-state index in [1.54, 1.807) is 6.08 Å². The Hall–Kier alpha value is -7.56. The Morgan fingerprint density at radius 2 is 1.12 bits per heavy atom. The third kappa shape index (κ3) is 8.32. The van der Waals surface area contributed by atoms with Crippen LogP contribution < -0.4 is 0 Å². The lowest BCUT2D eigenvalue weighted by atomic mass is 9.90. The topological polar surface area (TPSA) is 51.6 Å². The lowest BCUT2D eigenvalue weighted by molar-refractivity contribution is 1.18. The molecule has 0 radical (unpaired) electrons. The van der Waals surface area contributed by atoms with E-state index in [0.29, 0.717) is 5.82 Å². The summed E-state index contributed by atoms with van der Waals surface area (Å²) in [6, 6.07) is 52.5. The molecule has 0 aliphatic carbocycles. The van der Waals surface area contributed by atoms with Crippen molar-refractivity contribution in [3.63, 3.8) is 0 Å². The van der Waals surface area contributed by atoms with E-state index < -0.39 is 0 Å². The van der Waals surface area contributed by atoms with Gasteiger partial charge in [-0.3, -0.25) is 9.97 Å². The van der Waals surface area contributed by atoms with Gasteiger partial charge in [0.2, 0.25) is 0 Å². The first-order valence-corrected chi connectivity index (χ1v) is 19.5. The van der Waals surface area contributed by atoms with Crippen LogP contribution in [0.3, 0.4) is 0 Å². The van der Waals surface area contributed by atoms with Crippen LogP contribution in [0.2, 0.25) is 0 Å². The van der Waals surface area contributed by atoms with E-state index in [-0.39, 0.29) is 0 Å². The summed E-state index contributed by atoms with van der Waals surface area (Å²) in [5.74, 6) is 0.620. The smallest absolute Gasteiger partial charge is 0.160 e. The van der Waals surface area contributed by atoms with Gasteiger partial charge in [0.15, 0.2) is 5.82 Å². The molecule has 0 atom stereocenters. The van der Waals surface area contributed by atoms with E-state index in [1.807, 2.05) is 60.9 Å². The summed E-state index contributed by atoms with van der Waals surface area (Å²) < 4.78 is 0. The van der Waals surface area contributed by atoms with Crippen molar-refractivity contribution in [2.24, 2.45) is 0 Å². The molecule has 5 aromatic carbocycles. The number of allylic oxidation sites excluding steroid dienone is 8. The molecule has 58 heavy (non-hydrogen) atoms. The number of pyridine rings is 2. The van der Waals surface area contributed by atoms with Crippen LogP contribution in [0.1, 0.15) is 18.9 Å². The fourth-order valence-corrected chi connectivity index (χ4v) is 7.07. The van der Waals surface area contributed by atoms with E-state index in [2.05, 4.69) is 164 Å². The third-order valence-electron chi connectivity index (χ3n) is 10.0. The molecule has 0 aliphatic heterocycles. The highest BCUT2D eigenvalue weighted by Gasteiger charge is 2.16. The molecule has 0 saturated heterocycles. The Balaban J connectivity index is 1.34. The number of hydrogen-bond acceptors (Lipinski definition) is 4. The van der Waals surface area contributed by atoms with Gasteiger partial charge in [-0.2, -0.15) is 0 Å². The van der Waals surface area contributed by atoms with Crippen molar-refractivity contribution in [3.8, 4) is 67.5 Å². The van der Waals surface area contributed by atoms with Gasteiger partial charge in [-0.15, -0.1) is 0 Å². The van der Waals surface area contributed by atoms with Crippen LogP contribution >= 0.6 is 0 Å². The molecule has 0 aliphatic rings. The van der Waals surface area contributed by atoms with Gasteiger partial charge in [0, 0.05) is 40.2 Å². The normalized spacial score (nSPS) is 11.7. The molecule has 4 heteroatoms. The number of benzene rings is 5. The number of nitrogens with zero attached hydrogens (tertiary/aromatic N) is 4. The predicted octanol–water partition coefficient (Wildman–Crippen LogP) is 14.1. The van der Waals surface area contributed by atoms with Crippen LogP contribution in [0, 0.1) is 0 Å². The maximum atomic E-state index is 5.31. The minimum atomic E-state index is 0.620. The Morgan fingerprint density at radius 1 is 0.552 bits per heavy atom. The van der Waals surface area contributed by atoms with Crippen molar-refractivity contribution in [3.05, 3.63) is 225 Å². The zero-order valence-electron chi connectivity index (χ0n) is 32.5. The van der Waals surface area contributed by atoms with E-state index in [4.69, 9.17) is 9.97 Å². The fourth-order valence-electron chi connectivity index (χ4n) is 7.07. The average molecular weight is 747 g/mol. The van der Waals surface area contributed by atoms with Crippen molar-refractivity contribution in [2.75, 3.05) is 0 Å². The average Bonchev–Trinajstić information content (AvgIpc) is 3.30. The number of fused-ring (bicyclic) bond motifs is 1. The largest absolute Gasteiger partial charge is 0.256 e. The summed E-state index contributed by atoms with van der Waals surface area (Å²) >= 11 is 0. The van der Waals surface area contributed by atoms with Crippen molar-refractivity contribution in [2.45, 2.75) is 13.3 Å². The molecule has 8 aromatic rings. The van der Waals surface area contributed by atoms with E-state index in [9.17, 15) is 0 Å². The first kappa shape index (κ1) is 37.4. The highest BCUT2D eigenvalue weighted by atomic mass is 14.9. The van der Waals surface area contributed by atoms with Crippen LogP contribution in [0.15, 0.2) is 219 Å². The summed E-state index contributed by atoms with van der Waals surface area (Å²) in [5.41, 5.74) is 13.5. The lowest BCUT2D eigenvalue weighted by Crippen LogP contribution is -1.98. The standard InChI is InChI=1S/C54H42N4/c1-4-6-8-19-47(38(3)16-7-5-2)44-34-45(49-21-15-18-39-17-9-10-20-48(39)49)36-46(35-44)54-57-52(42-28-24-40(25-29-42)50-22-11-13-32-55-50)37-53(58-54)43-30-26-41(27-31-43)51-23-12-14-33-56-51/h5-37H,2-4H2,1H3/b8-6-,16-7-,47-19+. The molecule has 0 bridgehead atoms. The van der Waals surface area contributed by atoms with Crippen molar-refractivity contribution in [1.82, 2.24) is 19.9 Å². The molecule has 0 spiro atoms. The summed E-state index contributed by atoms with van der Waals surface area (Å²) in [6.45, 7) is 10.5. The van der Waals surface area contributed by atoms with Crippen molar-refractivity contribution in [1.29, 1.82) is 0 Å². The molecule has 0 fully saturated rings. The summed E-state index contributed by atoms with van der Waals surface area (Å²) in [6.07, 6.45) is 16.6. The lowest BCUT2D eigenvalue weighted by Gasteiger charge is -2.16.